The van der Waals surface area contributed by atoms with E-state index in [-0.39, 0.29) is 22.2 Å². The molecule has 2 atom stereocenters. The molecule has 26 heavy (non-hydrogen) atoms. The third-order valence-corrected chi connectivity index (χ3v) is 6.18. The summed E-state index contributed by atoms with van der Waals surface area (Å²) in [4.78, 5) is 17.0. The fourth-order valence-electron chi connectivity index (χ4n) is 3.88. The molecule has 7 nitrogen and oxygen atoms in total. The number of aromatic hydroxyl groups is 1. The number of fused-ring (bicyclic) bond motifs is 1. The molecule has 8 heteroatoms. The van der Waals surface area contributed by atoms with Crippen molar-refractivity contribution in [2.45, 2.75) is 38.1 Å². The van der Waals surface area contributed by atoms with Gasteiger partial charge in [0.05, 0.1) is 4.92 Å². The highest BCUT2D eigenvalue weighted by molar-refractivity contribution is 8.13. The fourth-order valence-corrected chi connectivity index (χ4v) is 4.77. The summed E-state index contributed by atoms with van der Waals surface area (Å²) >= 11 is 1.42. The van der Waals surface area contributed by atoms with E-state index in [0.29, 0.717) is 12.0 Å². The number of hydrogen-bond donors (Lipinski definition) is 2. The predicted molar refractivity (Wildman–Crippen MR) is 104 cm³/mol. The van der Waals surface area contributed by atoms with Crippen LogP contribution < -0.4 is 0 Å². The largest absolute Gasteiger partial charge is 0.507 e. The number of phenolic OH excluding ortho intramolecular Hbond substituents is 1. The van der Waals surface area contributed by atoms with Crippen LogP contribution in [0.25, 0.3) is 0 Å². The molecule has 0 radical (unpaired) electrons. The summed E-state index contributed by atoms with van der Waals surface area (Å²) in [6, 6.07) is 4.42. The van der Waals surface area contributed by atoms with Crippen LogP contribution in [0.4, 0.5) is 5.69 Å². The second kappa shape index (κ2) is 8.64. The minimum atomic E-state index is -0.518. The Balaban J connectivity index is 1.56. The molecular weight excluding hydrogens is 352 g/mol. The van der Waals surface area contributed by atoms with Gasteiger partial charge in [0.25, 0.3) is 5.69 Å². The van der Waals surface area contributed by atoms with Crippen molar-refractivity contribution >= 4 is 28.8 Å². The summed E-state index contributed by atoms with van der Waals surface area (Å²) in [5.74, 6) is 1.39. The number of nitrogens with zero attached hydrogens (tertiary/aromatic N) is 3. The molecule has 1 aromatic carbocycles. The molecule has 1 aromatic rings. The summed E-state index contributed by atoms with van der Waals surface area (Å²) in [6.45, 7) is 2.40. The third-order valence-electron chi connectivity index (χ3n) is 5.21. The van der Waals surface area contributed by atoms with E-state index in [9.17, 15) is 15.2 Å². The lowest BCUT2D eigenvalue weighted by Crippen LogP contribution is -2.48. The molecule has 0 aliphatic carbocycles. The van der Waals surface area contributed by atoms with Gasteiger partial charge in [0.2, 0.25) is 0 Å². The van der Waals surface area contributed by atoms with E-state index in [1.807, 2.05) is 0 Å². The quantitative estimate of drug-likeness (QED) is 0.361. The first-order valence-corrected chi connectivity index (χ1v) is 10.00. The van der Waals surface area contributed by atoms with Crippen molar-refractivity contribution in [1.82, 2.24) is 4.90 Å². The number of rotatable bonds is 4. The zero-order valence-electron chi connectivity index (χ0n) is 14.6. The van der Waals surface area contributed by atoms with Gasteiger partial charge in [-0.3, -0.25) is 15.5 Å². The van der Waals surface area contributed by atoms with E-state index in [1.165, 1.54) is 81.4 Å². The van der Waals surface area contributed by atoms with Crippen molar-refractivity contribution in [3.8, 4) is 5.75 Å². The van der Waals surface area contributed by atoms with Crippen molar-refractivity contribution in [1.29, 1.82) is 5.41 Å². The molecule has 2 saturated heterocycles. The van der Waals surface area contributed by atoms with Crippen LogP contribution in [0.2, 0.25) is 0 Å². The van der Waals surface area contributed by atoms with Gasteiger partial charge in [-0.25, -0.2) is 4.99 Å². The van der Waals surface area contributed by atoms with Gasteiger partial charge < -0.3 is 10.0 Å². The highest BCUT2D eigenvalue weighted by Crippen LogP contribution is 2.33. The zero-order chi connectivity index (χ0) is 18.5. The van der Waals surface area contributed by atoms with Crippen LogP contribution >= 0.6 is 11.8 Å². The molecule has 0 amide bonds. The van der Waals surface area contributed by atoms with Gasteiger partial charge in [0.1, 0.15) is 5.75 Å². The van der Waals surface area contributed by atoms with Gasteiger partial charge in [0, 0.05) is 35.7 Å². The van der Waals surface area contributed by atoms with Crippen molar-refractivity contribution in [3.05, 3.63) is 33.9 Å². The maximum atomic E-state index is 10.8. The van der Waals surface area contributed by atoms with Gasteiger partial charge in [-0.15, -0.1) is 0 Å². The number of thioether (sulfide) groups is 1. The number of hydrogen-bond acceptors (Lipinski definition) is 6. The molecule has 0 unspecified atom stereocenters. The second-order valence-electron chi connectivity index (χ2n) is 6.88. The average molecular weight is 376 g/mol. The van der Waals surface area contributed by atoms with Gasteiger partial charge in [-0.2, -0.15) is 0 Å². The number of nitro benzene ring substituents is 1. The second-order valence-corrected chi connectivity index (χ2v) is 7.88. The Kier molecular flexibility index (Phi) is 6.26. The average Bonchev–Trinajstić information content (AvgIpc) is 2.65. The van der Waals surface area contributed by atoms with Crippen LogP contribution in [0.1, 0.15) is 37.7 Å². The standard InChI is InChI=1S/C18H24N4O3S/c19-18(20-11-14-10-15(22(24)25)6-7-17(14)23)26-12-13-4-3-9-21-8-2-1-5-16(13)21/h6-7,10-11,13,16,19,23H,1-5,8-9,12H2/t13-,16+/m1/s1. The highest BCUT2D eigenvalue weighted by atomic mass is 32.2. The number of amidine groups is 1. The van der Waals surface area contributed by atoms with Crippen LogP contribution in [0.15, 0.2) is 23.2 Å². The number of nitro groups is 1. The molecular formula is C18H24N4O3S. The summed E-state index contributed by atoms with van der Waals surface area (Å²) in [5.41, 5.74) is 0.142. The molecule has 2 aliphatic rings. The summed E-state index contributed by atoms with van der Waals surface area (Å²) < 4.78 is 0. The fraction of sp³-hybridized carbons (Fsp3) is 0.556. The SMILES string of the molecule is N=C(N=Cc1cc([N+](=O)[O-])ccc1O)SC[C@H]1CCCN2CCCC[C@@H]12. The maximum absolute atomic E-state index is 10.8. The lowest BCUT2D eigenvalue weighted by atomic mass is 9.85. The molecule has 0 spiro atoms. The van der Waals surface area contributed by atoms with Crippen molar-refractivity contribution in [2.24, 2.45) is 10.9 Å². The maximum Gasteiger partial charge on any atom is 0.270 e. The van der Waals surface area contributed by atoms with Crippen LogP contribution in [-0.4, -0.2) is 51.2 Å². The normalized spacial score (nSPS) is 23.7. The molecule has 0 bridgehead atoms. The first kappa shape index (κ1) is 18.8. The Labute approximate surface area is 157 Å². The Morgan fingerprint density at radius 2 is 2.19 bits per heavy atom. The number of aliphatic imine (C=N–C) groups is 1. The van der Waals surface area contributed by atoms with Crippen molar-refractivity contribution in [3.63, 3.8) is 0 Å². The number of piperidine rings is 2. The van der Waals surface area contributed by atoms with Crippen LogP contribution in [0.3, 0.4) is 0 Å². The highest BCUT2D eigenvalue weighted by Gasteiger charge is 2.32. The molecule has 2 aliphatic heterocycles. The van der Waals surface area contributed by atoms with E-state index in [0.717, 1.165) is 5.75 Å². The van der Waals surface area contributed by atoms with Gasteiger partial charge in [-0.05, 0) is 50.8 Å². The zero-order valence-corrected chi connectivity index (χ0v) is 15.5. The van der Waals surface area contributed by atoms with Gasteiger partial charge in [-0.1, -0.05) is 18.2 Å². The first-order valence-electron chi connectivity index (χ1n) is 9.01. The lowest BCUT2D eigenvalue weighted by Gasteiger charge is -2.44. The Morgan fingerprint density at radius 1 is 1.38 bits per heavy atom. The van der Waals surface area contributed by atoms with E-state index in [4.69, 9.17) is 5.41 Å². The summed E-state index contributed by atoms with van der Waals surface area (Å²) in [7, 11) is 0. The third kappa shape index (κ3) is 4.62. The topological polar surface area (TPSA) is 103 Å². The summed E-state index contributed by atoms with van der Waals surface area (Å²) in [5, 5.41) is 28.8. The predicted octanol–water partition coefficient (Wildman–Crippen LogP) is 3.65. The van der Waals surface area contributed by atoms with Crippen molar-refractivity contribution < 1.29 is 10.0 Å². The number of phenols is 1. The minimum Gasteiger partial charge on any atom is -0.507 e. The number of non-ortho nitro benzene ring substituents is 1. The van der Waals surface area contributed by atoms with Gasteiger partial charge >= 0.3 is 0 Å². The number of benzene rings is 1. The molecule has 2 heterocycles. The molecule has 3 rings (SSSR count). The Bertz CT molecular complexity index is 708. The lowest BCUT2D eigenvalue weighted by molar-refractivity contribution is -0.384. The van der Waals surface area contributed by atoms with E-state index < -0.39 is 4.92 Å². The molecule has 0 aromatic heterocycles. The van der Waals surface area contributed by atoms with Crippen molar-refractivity contribution in [2.75, 3.05) is 18.8 Å². The molecule has 2 fully saturated rings. The smallest absolute Gasteiger partial charge is 0.270 e. The first-order chi connectivity index (χ1) is 12.5. The molecule has 2 N–H and O–H groups in total. The number of nitrogens with one attached hydrogen (secondary N) is 1. The Hall–Kier alpha value is -1.93. The monoisotopic (exact) mass is 376 g/mol. The van der Waals surface area contributed by atoms with Crippen LogP contribution in [0.5, 0.6) is 5.75 Å². The van der Waals surface area contributed by atoms with Crippen LogP contribution in [-0.2, 0) is 0 Å². The van der Waals surface area contributed by atoms with E-state index in [2.05, 4.69) is 9.89 Å². The Morgan fingerprint density at radius 3 is 3.00 bits per heavy atom. The summed E-state index contributed by atoms with van der Waals surface area (Å²) in [6.07, 6.45) is 7.60. The molecule has 0 saturated carbocycles. The van der Waals surface area contributed by atoms with Crippen LogP contribution in [0, 0.1) is 21.4 Å². The van der Waals surface area contributed by atoms with E-state index >= 15 is 0 Å². The molecule has 140 valence electrons. The minimum absolute atomic E-state index is 0.0812. The van der Waals surface area contributed by atoms with Gasteiger partial charge in [0.15, 0.2) is 5.17 Å². The van der Waals surface area contributed by atoms with E-state index in [1.54, 1.807) is 0 Å².